The lowest BCUT2D eigenvalue weighted by Crippen LogP contribution is -2.22. The first-order valence-corrected chi connectivity index (χ1v) is 7.64. The van der Waals surface area contributed by atoms with Crippen LogP contribution < -0.4 is 10.9 Å². The van der Waals surface area contributed by atoms with Gasteiger partial charge in [-0.1, -0.05) is 12.1 Å². The Balaban J connectivity index is 1.83. The smallest absolute Gasteiger partial charge is 0.257 e. The Morgan fingerprint density at radius 3 is 2.50 bits per heavy atom. The molecule has 0 spiro atoms. The summed E-state index contributed by atoms with van der Waals surface area (Å²) in [6.07, 6.45) is 1.32. The Labute approximate surface area is 146 Å². The second kappa shape index (κ2) is 7.26. The van der Waals surface area contributed by atoms with Gasteiger partial charge in [-0.05, 0) is 35.9 Å². The van der Waals surface area contributed by atoms with E-state index in [-0.39, 0.29) is 23.4 Å². The normalized spacial score (nSPS) is 10.6. The van der Waals surface area contributed by atoms with Crippen LogP contribution >= 0.6 is 0 Å². The van der Waals surface area contributed by atoms with Gasteiger partial charge in [0, 0.05) is 24.0 Å². The largest absolute Gasteiger partial charge is 0.322 e. The van der Waals surface area contributed by atoms with Gasteiger partial charge in [-0.15, -0.1) is 0 Å². The highest BCUT2D eigenvalue weighted by Gasteiger charge is 2.10. The Kier molecular flexibility index (Phi) is 4.88. The maximum atomic E-state index is 13.3. The molecule has 0 unspecified atom stereocenters. The summed E-state index contributed by atoms with van der Waals surface area (Å²) in [4.78, 5) is 24.2. The van der Waals surface area contributed by atoms with Crippen molar-refractivity contribution in [2.24, 2.45) is 0 Å². The summed E-state index contributed by atoms with van der Waals surface area (Å²) in [7, 11) is 0. The summed E-state index contributed by atoms with van der Waals surface area (Å²) in [5, 5.41) is 2.42. The van der Waals surface area contributed by atoms with E-state index in [2.05, 4.69) is 5.32 Å². The summed E-state index contributed by atoms with van der Waals surface area (Å²) in [5.41, 5.74) is 0.423. The molecule has 0 saturated heterocycles. The summed E-state index contributed by atoms with van der Waals surface area (Å²) < 4.78 is 40.7. The summed E-state index contributed by atoms with van der Waals surface area (Å²) in [5.74, 6) is -3.13. The molecule has 0 fully saturated rings. The number of hydrogen-bond acceptors (Lipinski definition) is 2. The SMILES string of the molecule is O=C(Nc1ccc(F)c(F)c1)c1ccc(=O)n(Cc2cccc(F)c2)c1. The van der Waals surface area contributed by atoms with Crippen molar-refractivity contribution in [2.45, 2.75) is 6.54 Å². The number of nitrogens with zero attached hydrogens (tertiary/aromatic N) is 1. The van der Waals surface area contributed by atoms with Crippen LogP contribution in [0.1, 0.15) is 15.9 Å². The van der Waals surface area contributed by atoms with Gasteiger partial charge in [-0.2, -0.15) is 0 Å². The second-order valence-corrected chi connectivity index (χ2v) is 5.60. The van der Waals surface area contributed by atoms with E-state index in [1.807, 2.05) is 0 Å². The number of pyridine rings is 1. The van der Waals surface area contributed by atoms with Crippen molar-refractivity contribution >= 4 is 11.6 Å². The van der Waals surface area contributed by atoms with Gasteiger partial charge in [0.1, 0.15) is 5.82 Å². The van der Waals surface area contributed by atoms with Crippen LogP contribution in [0.2, 0.25) is 0 Å². The summed E-state index contributed by atoms with van der Waals surface area (Å²) in [6.45, 7) is 0.0862. The fourth-order valence-corrected chi connectivity index (χ4v) is 2.40. The standard InChI is InChI=1S/C19H13F3N2O2/c20-14-3-1-2-12(8-14)10-24-11-13(4-7-18(24)25)19(26)23-15-5-6-16(21)17(22)9-15/h1-9,11H,10H2,(H,23,26). The third kappa shape index (κ3) is 4.00. The molecule has 3 aromatic rings. The Hall–Kier alpha value is -3.35. The molecule has 3 rings (SSSR count). The van der Waals surface area contributed by atoms with E-state index in [1.165, 1.54) is 47.2 Å². The molecule has 1 amide bonds. The van der Waals surface area contributed by atoms with Gasteiger partial charge in [0.2, 0.25) is 0 Å². The Morgan fingerprint density at radius 1 is 0.962 bits per heavy atom. The van der Waals surface area contributed by atoms with E-state index in [9.17, 15) is 22.8 Å². The molecule has 1 heterocycles. The number of benzene rings is 2. The number of rotatable bonds is 4. The predicted octanol–water partition coefficient (Wildman–Crippen LogP) is 3.57. The number of nitrogens with one attached hydrogen (secondary N) is 1. The number of aromatic nitrogens is 1. The van der Waals surface area contributed by atoms with Crippen molar-refractivity contribution in [3.8, 4) is 0 Å². The van der Waals surface area contributed by atoms with Crippen LogP contribution in [0.5, 0.6) is 0 Å². The third-order valence-electron chi connectivity index (χ3n) is 3.67. The zero-order chi connectivity index (χ0) is 18.7. The van der Waals surface area contributed by atoms with Crippen LogP contribution in [0.3, 0.4) is 0 Å². The Bertz CT molecular complexity index is 1030. The number of amides is 1. The van der Waals surface area contributed by atoms with E-state index in [0.29, 0.717) is 5.56 Å². The predicted molar refractivity (Wildman–Crippen MR) is 90.5 cm³/mol. The zero-order valence-electron chi connectivity index (χ0n) is 13.4. The molecule has 0 aliphatic heterocycles. The average Bonchev–Trinajstić information content (AvgIpc) is 2.60. The topological polar surface area (TPSA) is 51.1 Å². The van der Waals surface area contributed by atoms with Crippen LogP contribution in [0.25, 0.3) is 0 Å². The van der Waals surface area contributed by atoms with Crippen LogP contribution in [0.4, 0.5) is 18.9 Å². The number of hydrogen-bond donors (Lipinski definition) is 1. The van der Waals surface area contributed by atoms with Gasteiger partial charge in [0.15, 0.2) is 11.6 Å². The van der Waals surface area contributed by atoms with Crippen LogP contribution in [-0.2, 0) is 6.54 Å². The minimum Gasteiger partial charge on any atom is -0.322 e. The molecule has 1 aromatic heterocycles. The number of anilines is 1. The molecule has 2 aromatic carbocycles. The van der Waals surface area contributed by atoms with E-state index in [4.69, 9.17) is 0 Å². The third-order valence-corrected chi connectivity index (χ3v) is 3.67. The van der Waals surface area contributed by atoms with Crippen molar-refractivity contribution in [1.29, 1.82) is 0 Å². The van der Waals surface area contributed by atoms with Crippen molar-refractivity contribution in [2.75, 3.05) is 5.32 Å². The van der Waals surface area contributed by atoms with E-state index < -0.39 is 23.4 Å². The van der Waals surface area contributed by atoms with Crippen LogP contribution in [-0.4, -0.2) is 10.5 Å². The lowest BCUT2D eigenvalue weighted by molar-refractivity contribution is 0.102. The van der Waals surface area contributed by atoms with E-state index in [0.717, 1.165) is 12.1 Å². The van der Waals surface area contributed by atoms with Gasteiger partial charge in [-0.25, -0.2) is 13.2 Å². The maximum Gasteiger partial charge on any atom is 0.257 e. The van der Waals surface area contributed by atoms with Crippen molar-refractivity contribution in [1.82, 2.24) is 4.57 Å². The van der Waals surface area contributed by atoms with Gasteiger partial charge in [0.05, 0.1) is 12.1 Å². The van der Waals surface area contributed by atoms with Gasteiger partial charge >= 0.3 is 0 Å². The lowest BCUT2D eigenvalue weighted by atomic mass is 10.2. The molecule has 0 aliphatic carbocycles. The molecule has 0 radical (unpaired) electrons. The highest BCUT2D eigenvalue weighted by Crippen LogP contribution is 2.14. The van der Waals surface area contributed by atoms with Crippen molar-refractivity contribution < 1.29 is 18.0 Å². The molecule has 0 atom stereocenters. The number of carbonyl (C=O) groups excluding carboxylic acids is 1. The van der Waals surface area contributed by atoms with Gasteiger partial charge in [-0.3, -0.25) is 9.59 Å². The van der Waals surface area contributed by atoms with Gasteiger partial charge in [0.25, 0.3) is 11.5 Å². The summed E-state index contributed by atoms with van der Waals surface area (Å²) in [6, 6.07) is 11.3. The first kappa shape index (κ1) is 17.5. The fourth-order valence-electron chi connectivity index (χ4n) is 2.40. The highest BCUT2D eigenvalue weighted by molar-refractivity contribution is 6.04. The van der Waals surface area contributed by atoms with E-state index in [1.54, 1.807) is 6.07 Å². The molecule has 7 heteroatoms. The minimum absolute atomic E-state index is 0.0804. The van der Waals surface area contributed by atoms with Crippen LogP contribution in [0.15, 0.2) is 65.6 Å². The summed E-state index contributed by atoms with van der Waals surface area (Å²) >= 11 is 0. The molecule has 0 saturated carbocycles. The molecule has 1 N–H and O–H groups in total. The first-order chi connectivity index (χ1) is 12.4. The molecule has 0 aliphatic rings. The quantitative estimate of drug-likeness (QED) is 0.775. The number of halogens is 3. The van der Waals surface area contributed by atoms with Crippen molar-refractivity contribution in [3.63, 3.8) is 0 Å². The monoisotopic (exact) mass is 358 g/mol. The Morgan fingerprint density at radius 2 is 1.77 bits per heavy atom. The second-order valence-electron chi connectivity index (χ2n) is 5.60. The van der Waals surface area contributed by atoms with Crippen molar-refractivity contribution in [3.05, 3.63) is 99.7 Å². The lowest BCUT2D eigenvalue weighted by Gasteiger charge is -2.09. The first-order valence-electron chi connectivity index (χ1n) is 7.64. The average molecular weight is 358 g/mol. The molecular formula is C19H13F3N2O2. The highest BCUT2D eigenvalue weighted by atomic mass is 19.2. The maximum absolute atomic E-state index is 13.3. The van der Waals surface area contributed by atoms with Gasteiger partial charge < -0.3 is 9.88 Å². The molecule has 0 bridgehead atoms. The fraction of sp³-hybridized carbons (Fsp3) is 0.0526. The van der Waals surface area contributed by atoms with E-state index >= 15 is 0 Å². The minimum atomic E-state index is -1.08. The molecule has 26 heavy (non-hydrogen) atoms. The zero-order valence-corrected chi connectivity index (χ0v) is 13.4. The van der Waals surface area contributed by atoms with Crippen LogP contribution in [0, 0.1) is 17.5 Å². The number of carbonyl (C=O) groups is 1. The molecule has 4 nitrogen and oxygen atoms in total. The molecule has 132 valence electrons. The molecular weight excluding hydrogens is 345 g/mol.